The largest absolute Gasteiger partial charge is 0.346 e. The SMILES string of the molecule is Cc1ccc(S(=O)(=O)NCCC(=O)NC(c2nc3ccccc3[nH]2)C(C)C)cc1C. The second-order valence-corrected chi connectivity index (χ2v) is 9.59. The average molecular weight is 429 g/mol. The maximum atomic E-state index is 12.5. The van der Waals surface area contributed by atoms with E-state index in [-0.39, 0.29) is 35.7 Å². The van der Waals surface area contributed by atoms with Gasteiger partial charge in [-0.2, -0.15) is 0 Å². The van der Waals surface area contributed by atoms with Crippen LogP contribution in [-0.2, 0) is 14.8 Å². The Kier molecular flexibility index (Phi) is 6.58. The van der Waals surface area contributed by atoms with E-state index in [1.807, 2.05) is 52.0 Å². The van der Waals surface area contributed by atoms with Crippen LogP contribution in [0.2, 0.25) is 0 Å². The number of imidazole rings is 1. The van der Waals surface area contributed by atoms with E-state index >= 15 is 0 Å². The number of hydrogen-bond acceptors (Lipinski definition) is 4. The Morgan fingerprint density at radius 3 is 2.50 bits per heavy atom. The van der Waals surface area contributed by atoms with Gasteiger partial charge in [0.05, 0.1) is 22.0 Å². The normalized spacial score (nSPS) is 13.0. The lowest BCUT2D eigenvalue weighted by Gasteiger charge is -2.20. The van der Waals surface area contributed by atoms with E-state index in [0.29, 0.717) is 5.82 Å². The molecule has 0 saturated carbocycles. The summed E-state index contributed by atoms with van der Waals surface area (Å²) in [5.74, 6) is 0.564. The summed E-state index contributed by atoms with van der Waals surface area (Å²) in [6.45, 7) is 7.82. The number of carbonyl (C=O) groups is 1. The molecule has 3 aromatic rings. The fourth-order valence-corrected chi connectivity index (χ4v) is 4.30. The van der Waals surface area contributed by atoms with Crippen LogP contribution in [0.3, 0.4) is 0 Å². The number of aromatic amines is 1. The summed E-state index contributed by atoms with van der Waals surface area (Å²) in [5, 5.41) is 2.97. The molecule has 1 unspecified atom stereocenters. The maximum Gasteiger partial charge on any atom is 0.240 e. The lowest BCUT2D eigenvalue weighted by atomic mass is 10.0. The molecule has 0 fully saturated rings. The summed E-state index contributed by atoms with van der Waals surface area (Å²) < 4.78 is 27.4. The van der Waals surface area contributed by atoms with Crippen molar-refractivity contribution in [3.05, 3.63) is 59.4 Å². The monoisotopic (exact) mass is 428 g/mol. The number of fused-ring (bicyclic) bond motifs is 1. The third-order valence-electron chi connectivity index (χ3n) is 5.12. The van der Waals surface area contributed by atoms with Gasteiger partial charge in [0.15, 0.2) is 0 Å². The predicted molar refractivity (Wildman–Crippen MR) is 118 cm³/mol. The number of benzene rings is 2. The van der Waals surface area contributed by atoms with E-state index in [2.05, 4.69) is 20.0 Å². The number of aryl methyl sites for hydroxylation is 2. The highest BCUT2D eigenvalue weighted by atomic mass is 32.2. The molecule has 0 aliphatic rings. The van der Waals surface area contributed by atoms with Crippen molar-refractivity contribution in [1.82, 2.24) is 20.0 Å². The molecule has 0 saturated heterocycles. The van der Waals surface area contributed by atoms with Gasteiger partial charge >= 0.3 is 0 Å². The first-order valence-electron chi connectivity index (χ1n) is 9.98. The summed E-state index contributed by atoms with van der Waals surface area (Å²) in [6, 6.07) is 12.4. The van der Waals surface area contributed by atoms with Gasteiger partial charge in [-0.1, -0.05) is 32.0 Å². The van der Waals surface area contributed by atoms with E-state index in [1.165, 1.54) is 0 Å². The minimum atomic E-state index is -3.66. The summed E-state index contributed by atoms with van der Waals surface area (Å²) in [6.07, 6.45) is 0.0352. The number of nitrogens with zero attached hydrogens (tertiary/aromatic N) is 1. The summed E-state index contributed by atoms with van der Waals surface area (Å²) >= 11 is 0. The Morgan fingerprint density at radius 1 is 1.10 bits per heavy atom. The van der Waals surface area contributed by atoms with Crippen molar-refractivity contribution in [1.29, 1.82) is 0 Å². The van der Waals surface area contributed by atoms with Crippen LogP contribution in [0.5, 0.6) is 0 Å². The number of nitrogens with one attached hydrogen (secondary N) is 3. The summed E-state index contributed by atoms with van der Waals surface area (Å²) in [7, 11) is -3.66. The van der Waals surface area contributed by atoms with Gasteiger partial charge in [-0.25, -0.2) is 18.1 Å². The molecular weight excluding hydrogens is 400 g/mol. The van der Waals surface area contributed by atoms with Crippen LogP contribution in [-0.4, -0.2) is 30.8 Å². The number of aromatic nitrogens is 2. The summed E-state index contributed by atoms with van der Waals surface area (Å²) in [4.78, 5) is 20.5. The number of para-hydroxylation sites is 2. The van der Waals surface area contributed by atoms with Crippen LogP contribution in [0.4, 0.5) is 0 Å². The minimum Gasteiger partial charge on any atom is -0.346 e. The topological polar surface area (TPSA) is 104 Å². The zero-order chi connectivity index (χ0) is 21.9. The van der Waals surface area contributed by atoms with Crippen molar-refractivity contribution in [2.45, 2.75) is 45.1 Å². The maximum absolute atomic E-state index is 12.5. The van der Waals surface area contributed by atoms with Gasteiger partial charge in [-0.3, -0.25) is 4.79 Å². The quantitative estimate of drug-likeness (QED) is 0.512. The van der Waals surface area contributed by atoms with Crippen LogP contribution >= 0.6 is 0 Å². The van der Waals surface area contributed by atoms with E-state index in [1.54, 1.807) is 18.2 Å². The highest BCUT2D eigenvalue weighted by Crippen LogP contribution is 2.22. The first kappa shape index (κ1) is 22.0. The van der Waals surface area contributed by atoms with Gasteiger partial charge in [-0.15, -0.1) is 0 Å². The third kappa shape index (κ3) is 5.06. The van der Waals surface area contributed by atoms with Gasteiger partial charge in [0.2, 0.25) is 15.9 Å². The number of rotatable bonds is 8. The van der Waals surface area contributed by atoms with Gasteiger partial charge in [-0.05, 0) is 55.2 Å². The Balaban J connectivity index is 1.61. The van der Waals surface area contributed by atoms with E-state index in [0.717, 1.165) is 22.2 Å². The van der Waals surface area contributed by atoms with Crippen LogP contribution in [0.15, 0.2) is 47.4 Å². The number of H-pyrrole nitrogens is 1. The zero-order valence-corrected chi connectivity index (χ0v) is 18.5. The van der Waals surface area contributed by atoms with Crippen molar-refractivity contribution in [2.24, 2.45) is 5.92 Å². The molecule has 0 radical (unpaired) electrons. The molecule has 0 bridgehead atoms. The van der Waals surface area contributed by atoms with Crippen LogP contribution < -0.4 is 10.0 Å². The molecule has 8 heteroatoms. The fraction of sp³-hybridized carbons (Fsp3) is 0.364. The van der Waals surface area contributed by atoms with Crippen LogP contribution in [0.25, 0.3) is 11.0 Å². The fourth-order valence-electron chi connectivity index (χ4n) is 3.18. The summed E-state index contributed by atoms with van der Waals surface area (Å²) in [5.41, 5.74) is 3.68. The number of amides is 1. The van der Waals surface area contributed by atoms with Crippen molar-refractivity contribution in [3.63, 3.8) is 0 Å². The molecule has 1 aromatic heterocycles. The van der Waals surface area contributed by atoms with Crippen molar-refractivity contribution >= 4 is 27.0 Å². The Morgan fingerprint density at radius 2 is 1.83 bits per heavy atom. The second kappa shape index (κ2) is 8.97. The number of carbonyl (C=O) groups excluding carboxylic acids is 1. The minimum absolute atomic E-state index is 0.0199. The predicted octanol–water partition coefficient (Wildman–Crippen LogP) is 3.36. The second-order valence-electron chi connectivity index (χ2n) is 7.82. The molecule has 3 rings (SSSR count). The van der Waals surface area contributed by atoms with E-state index in [4.69, 9.17) is 0 Å². The molecule has 0 spiro atoms. The first-order chi connectivity index (χ1) is 14.2. The molecule has 160 valence electrons. The standard InChI is InChI=1S/C22H28N4O3S/c1-14(2)21(22-24-18-7-5-6-8-19(18)25-22)26-20(27)11-12-23-30(28,29)17-10-9-15(3)16(4)13-17/h5-10,13-14,21,23H,11-12H2,1-4H3,(H,24,25)(H,26,27). The molecular formula is C22H28N4O3S. The number of hydrogen-bond donors (Lipinski definition) is 3. The van der Waals surface area contributed by atoms with Gasteiger partial charge in [0.1, 0.15) is 5.82 Å². The molecule has 2 aromatic carbocycles. The molecule has 0 aliphatic carbocycles. The van der Waals surface area contributed by atoms with Crippen LogP contribution in [0, 0.1) is 19.8 Å². The van der Waals surface area contributed by atoms with Crippen LogP contribution in [0.1, 0.15) is 43.3 Å². The van der Waals surface area contributed by atoms with Crippen molar-refractivity contribution < 1.29 is 13.2 Å². The number of sulfonamides is 1. The molecule has 7 nitrogen and oxygen atoms in total. The molecule has 1 amide bonds. The van der Waals surface area contributed by atoms with E-state index in [9.17, 15) is 13.2 Å². The Bertz CT molecular complexity index is 1120. The zero-order valence-electron chi connectivity index (χ0n) is 17.7. The smallest absolute Gasteiger partial charge is 0.240 e. The Hall–Kier alpha value is -2.71. The average Bonchev–Trinajstić information content (AvgIpc) is 3.11. The van der Waals surface area contributed by atoms with Crippen molar-refractivity contribution in [2.75, 3.05) is 6.54 Å². The van der Waals surface area contributed by atoms with Gasteiger partial charge in [0, 0.05) is 13.0 Å². The van der Waals surface area contributed by atoms with Crippen molar-refractivity contribution in [3.8, 4) is 0 Å². The lowest BCUT2D eigenvalue weighted by Crippen LogP contribution is -2.35. The highest BCUT2D eigenvalue weighted by Gasteiger charge is 2.22. The molecule has 3 N–H and O–H groups in total. The third-order valence-corrected chi connectivity index (χ3v) is 6.58. The van der Waals surface area contributed by atoms with Gasteiger partial charge in [0.25, 0.3) is 0 Å². The van der Waals surface area contributed by atoms with E-state index < -0.39 is 10.0 Å². The molecule has 1 atom stereocenters. The lowest BCUT2D eigenvalue weighted by molar-refractivity contribution is -0.122. The molecule has 30 heavy (non-hydrogen) atoms. The highest BCUT2D eigenvalue weighted by molar-refractivity contribution is 7.89. The molecule has 1 heterocycles. The first-order valence-corrected chi connectivity index (χ1v) is 11.5. The molecule has 0 aliphatic heterocycles. The van der Waals surface area contributed by atoms with Gasteiger partial charge < -0.3 is 10.3 Å². The Labute approximate surface area is 177 Å².